The van der Waals surface area contributed by atoms with Gasteiger partial charge in [-0.2, -0.15) is 4.98 Å². The molecule has 1 heterocycles. The molecule has 0 aliphatic heterocycles. The number of aryl methyl sites for hydroxylation is 2. The molecule has 0 saturated carbocycles. The van der Waals surface area contributed by atoms with Gasteiger partial charge in [-0.3, -0.25) is 4.79 Å². The van der Waals surface area contributed by atoms with Crippen molar-refractivity contribution >= 4 is 5.91 Å². The SMILES string of the molecule is Cc1nc(-c2ccc(-c3ccc(CC(N)=O)cc3)c(C)c2)no1. The predicted molar refractivity (Wildman–Crippen MR) is 87.5 cm³/mol. The van der Waals surface area contributed by atoms with E-state index in [1.54, 1.807) is 6.92 Å². The molecular weight excluding hydrogens is 290 g/mol. The van der Waals surface area contributed by atoms with Crippen LogP contribution in [0.3, 0.4) is 0 Å². The minimum absolute atomic E-state index is 0.259. The van der Waals surface area contributed by atoms with Gasteiger partial charge in [-0.05, 0) is 35.2 Å². The van der Waals surface area contributed by atoms with Crippen LogP contribution in [-0.4, -0.2) is 16.0 Å². The standard InChI is InChI=1S/C18H17N3O2/c1-11-9-15(18-20-12(2)23-21-18)7-8-16(11)14-5-3-13(4-6-14)10-17(19)22/h3-9H,10H2,1-2H3,(H2,19,22). The fourth-order valence-corrected chi connectivity index (χ4v) is 2.55. The zero-order chi connectivity index (χ0) is 16.4. The number of amides is 1. The predicted octanol–water partition coefficient (Wildman–Crippen LogP) is 3.05. The van der Waals surface area contributed by atoms with Crippen molar-refractivity contribution in [2.24, 2.45) is 5.73 Å². The first-order valence-electron chi connectivity index (χ1n) is 7.32. The smallest absolute Gasteiger partial charge is 0.223 e. The van der Waals surface area contributed by atoms with Crippen molar-refractivity contribution in [2.75, 3.05) is 0 Å². The average molecular weight is 307 g/mol. The van der Waals surface area contributed by atoms with E-state index in [9.17, 15) is 4.79 Å². The maximum atomic E-state index is 11.0. The molecule has 0 unspecified atom stereocenters. The lowest BCUT2D eigenvalue weighted by atomic mass is 9.97. The van der Waals surface area contributed by atoms with Crippen LogP contribution in [0.25, 0.3) is 22.5 Å². The monoisotopic (exact) mass is 307 g/mol. The van der Waals surface area contributed by atoms with Gasteiger partial charge in [0.2, 0.25) is 17.6 Å². The molecule has 2 N–H and O–H groups in total. The number of nitrogens with two attached hydrogens (primary N) is 1. The fourth-order valence-electron chi connectivity index (χ4n) is 2.55. The van der Waals surface area contributed by atoms with Crippen molar-refractivity contribution in [2.45, 2.75) is 20.3 Å². The number of primary amides is 1. The molecule has 5 nitrogen and oxygen atoms in total. The molecule has 3 aromatic rings. The van der Waals surface area contributed by atoms with Crippen LogP contribution in [0.2, 0.25) is 0 Å². The molecule has 3 rings (SSSR count). The van der Waals surface area contributed by atoms with Gasteiger partial charge in [-0.15, -0.1) is 0 Å². The van der Waals surface area contributed by atoms with Gasteiger partial charge in [0.25, 0.3) is 0 Å². The highest BCUT2D eigenvalue weighted by Gasteiger charge is 2.09. The Balaban J connectivity index is 1.90. The van der Waals surface area contributed by atoms with Gasteiger partial charge in [-0.25, -0.2) is 0 Å². The Hall–Kier alpha value is -2.95. The van der Waals surface area contributed by atoms with Crippen LogP contribution in [0.5, 0.6) is 0 Å². The van der Waals surface area contributed by atoms with E-state index in [1.807, 2.05) is 49.4 Å². The summed E-state index contributed by atoms with van der Waals surface area (Å²) < 4.78 is 5.02. The molecule has 0 bridgehead atoms. The number of aromatic nitrogens is 2. The Bertz CT molecular complexity index is 851. The Labute approximate surface area is 134 Å². The van der Waals surface area contributed by atoms with E-state index in [-0.39, 0.29) is 12.3 Å². The quantitative estimate of drug-likeness (QED) is 0.803. The Morgan fingerprint density at radius 1 is 1.09 bits per heavy atom. The number of rotatable bonds is 4. The largest absolute Gasteiger partial charge is 0.369 e. The van der Waals surface area contributed by atoms with Crippen molar-refractivity contribution in [1.82, 2.24) is 10.1 Å². The summed E-state index contributed by atoms with van der Waals surface area (Å²) in [6, 6.07) is 13.9. The van der Waals surface area contributed by atoms with Gasteiger partial charge in [0.15, 0.2) is 0 Å². The summed E-state index contributed by atoms with van der Waals surface area (Å²) in [5.74, 6) is 0.814. The van der Waals surface area contributed by atoms with Crippen molar-refractivity contribution in [3.63, 3.8) is 0 Å². The van der Waals surface area contributed by atoms with Gasteiger partial charge in [0.05, 0.1) is 6.42 Å². The van der Waals surface area contributed by atoms with Crippen LogP contribution in [0, 0.1) is 13.8 Å². The minimum atomic E-state index is -0.325. The molecule has 0 spiro atoms. The summed E-state index contributed by atoms with van der Waals surface area (Å²) in [6.07, 6.45) is 0.259. The highest BCUT2D eigenvalue weighted by atomic mass is 16.5. The number of nitrogens with zero attached hydrogens (tertiary/aromatic N) is 2. The molecule has 23 heavy (non-hydrogen) atoms. The molecule has 0 aliphatic rings. The summed E-state index contributed by atoms with van der Waals surface area (Å²) >= 11 is 0. The first-order valence-corrected chi connectivity index (χ1v) is 7.32. The van der Waals surface area contributed by atoms with Gasteiger partial charge < -0.3 is 10.3 Å². The van der Waals surface area contributed by atoms with E-state index >= 15 is 0 Å². The lowest BCUT2D eigenvalue weighted by Crippen LogP contribution is -2.13. The highest BCUT2D eigenvalue weighted by Crippen LogP contribution is 2.27. The lowest BCUT2D eigenvalue weighted by molar-refractivity contribution is -0.117. The summed E-state index contributed by atoms with van der Waals surface area (Å²) in [5.41, 5.74) is 10.4. The average Bonchev–Trinajstić information content (AvgIpc) is 2.94. The van der Waals surface area contributed by atoms with Crippen molar-refractivity contribution in [3.8, 4) is 22.5 Å². The van der Waals surface area contributed by atoms with E-state index in [2.05, 4.69) is 10.1 Å². The molecule has 0 radical (unpaired) electrons. The fraction of sp³-hybridized carbons (Fsp3) is 0.167. The topological polar surface area (TPSA) is 82.0 Å². The second-order valence-corrected chi connectivity index (χ2v) is 5.51. The number of hydrogen-bond donors (Lipinski definition) is 1. The van der Waals surface area contributed by atoms with Crippen LogP contribution >= 0.6 is 0 Å². The highest BCUT2D eigenvalue weighted by molar-refractivity contribution is 5.77. The molecule has 1 amide bonds. The van der Waals surface area contributed by atoms with Crippen molar-refractivity contribution in [3.05, 3.63) is 59.5 Å². The molecular formula is C18H17N3O2. The van der Waals surface area contributed by atoms with E-state index in [0.717, 1.165) is 27.8 Å². The van der Waals surface area contributed by atoms with E-state index < -0.39 is 0 Å². The Kier molecular flexibility index (Phi) is 3.93. The Morgan fingerprint density at radius 2 is 1.78 bits per heavy atom. The lowest BCUT2D eigenvalue weighted by Gasteiger charge is -2.08. The summed E-state index contributed by atoms with van der Waals surface area (Å²) in [6.45, 7) is 3.81. The molecule has 116 valence electrons. The molecule has 1 aromatic heterocycles. The minimum Gasteiger partial charge on any atom is -0.369 e. The summed E-state index contributed by atoms with van der Waals surface area (Å²) in [7, 11) is 0. The normalized spacial score (nSPS) is 10.7. The number of hydrogen-bond acceptors (Lipinski definition) is 4. The van der Waals surface area contributed by atoms with Crippen molar-refractivity contribution in [1.29, 1.82) is 0 Å². The second-order valence-electron chi connectivity index (χ2n) is 5.51. The van der Waals surface area contributed by atoms with Crippen LogP contribution in [0.15, 0.2) is 47.0 Å². The second kappa shape index (κ2) is 6.04. The van der Waals surface area contributed by atoms with Crippen LogP contribution in [-0.2, 0) is 11.2 Å². The molecule has 0 atom stereocenters. The van der Waals surface area contributed by atoms with E-state index in [1.165, 1.54) is 0 Å². The number of carbonyl (C=O) groups is 1. The Morgan fingerprint density at radius 3 is 2.35 bits per heavy atom. The van der Waals surface area contributed by atoms with Gasteiger partial charge in [0.1, 0.15) is 0 Å². The molecule has 2 aromatic carbocycles. The summed E-state index contributed by atoms with van der Waals surface area (Å²) in [5, 5.41) is 3.94. The number of carbonyl (C=O) groups excluding carboxylic acids is 1. The van der Waals surface area contributed by atoms with Gasteiger partial charge >= 0.3 is 0 Å². The first-order chi connectivity index (χ1) is 11.0. The maximum Gasteiger partial charge on any atom is 0.223 e. The zero-order valence-electron chi connectivity index (χ0n) is 13.0. The molecule has 0 fully saturated rings. The molecule has 5 heteroatoms. The third-order valence-electron chi connectivity index (χ3n) is 3.66. The third kappa shape index (κ3) is 3.29. The molecule has 0 aliphatic carbocycles. The summed E-state index contributed by atoms with van der Waals surface area (Å²) in [4.78, 5) is 15.2. The van der Waals surface area contributed by atoms with E-state index in [0.29, 0.717) is 11.7 Å². The van der Waals surface area contributed by atoms with Crippen LogP contribution < -0.4 is 5.73 Å². The maximum absolute atomic E-state index is 11.0. The number of benzene rings is 2. The van der Waals surface area contributed by atoms with Crippen LogP contribution in [0.4, 0.5) is 0 Å². The third-order valence-corrected chi connectivity index (χ3v) is 3.66. The molecule has 0 saturated heterocycles. The van der Waals surface area contributed by atoms with Crippen LogP contribution in [0.1, 0.15) is 17.0 Å². The van der Waals surface area contributed by atoms with Crippen molar-refractivity contribution < 1.29 is 9.32 Å². The first kappa shape index (κ1) is 15.0. The van der Waals surface area contributed by atoms with E-state index in [4.69, 9.17) is 10.3 Å². The zero-order valence-corrected chi connectivity index (χ0v) is 13.0. The van der Waals surface area contributed by atoms with Gasteiger partial charge in [-0.1, -0.05) is 41.6 Å². The van der Waals surface area contributed by atoms with Gasteiger partial charge in [0, 0.05) is 12.5 Å².